The summed E-state index contributed by atoms with van der Waals surface area (Å²) in [6.45, 7) is 0.307. The number of hydrogen-bond acceptors (Lipinski definition) is 4. The van der Waals surface area contributed by atoms with Gasteiger partial charge >= 0.3 is 0 Å². The zero-order chi connectivity index (χ0) is 13.0. The molecular weight excluding hydrogens is 237 g/mol. The zero-order valence-electron chi connectivity index (χ0n) is 9.94. The number of furan rings is 1. The van der Waals surface area contributed by atoms with Crippen molar-refractivity contribution in [2.75, 3.05) is 12.4 Å². The van der Waals surface area contributed by atoms with Crippen LogP contribution < -0.4 is 10.1 Å². The minimum absolute atomic E-state index is 0.125. The van der Waals surface area contributed by atoms with Gasteiger partial charge in [0.15, 0.2) is 0 Å². The Kier molecular flexibility index (Phi) is 3.84. The lowest BCUT2D eigenvalue weighted by Crippen LogP contribution is -2.00. The van der Waals surface area contributed by atoms with Crippen molar-refractivity contribution >= 4 is 5.69 Å². The van der Waals surface area contributed by atoms with Crippen LogP contribution in [0.1, 0.15) is 11.5 Å². The van der Waals surface area contributed by atoms with E-state index < -0.39 is 0 Å². The van der Waals surface area contributed by atoms with Crippen LogP contribution in [-0.4, -0.2) is 12.2 Å². The lowest BCUT2D eigenvalue weighted by molar-refractivity contribution is 0.244. The number of aliphatic hydroxyl groups is 1. The van der Waals surface area contributed by atoms with Gasteiger partial charge in [0.1, 0.15) is 29.7 Å². The topological polar surface area (TPSA) is 54.6 Å². The molecule has 5 heteroatoms. The summed E-state index contributed by atoms with van der Waals surface area (Å²) in [7, 11) is 1.48. The average Bonchev–Trinajstić information content (AvgIpc) is 2.85. The van der Waals surface area contributed by atoms with Crippen LogP contribution in [0.25, 0.3) is 0 Å². The van der Waals surface area contributed by atoms with E-state index in [0.29, 0.717) is 29.5 Å². The summed E-state index contributed by atoms with van der Waals surface area (Å²) >= 11 is 0. The van der Waals surface area contributed by atoms with Crippen molar-refractivity contribution in [1.29, 1.82) is 0 Å². The highest BCUT2D eigenvalue weighted by molar-refractivity contribution is 5.56. The molecule has 0 amide bonds. The monoisotopic (exact) mass is 251 g/mol. The Labute approximate surface area is 104 Å². The minimum atomic E-state index is -0.349. The fourth-order valence-electron chi connectivity index (χ4n) is 1.60. The number of aliphatic hydroxyl groups excluding tert-OH is 1. The van der Waals surface area contributed by atoms with Gasteiger partial charge < -0.3 is 19.6 Å². The highest BCUT2D eigenvalue weighted by atomic mass is 19.1. The SMILES string of the molecule is COc1cc(F)ccc1NCc1ccc(CO)o1. The Bertz CT molecular complexity index is 525. The molecule has 4 nitrogen and oxygen atoms in total. The first-order valence-corrected chi connectivity index (χ1v) is 5.49. The zero-order valence-corrected chi connectivity index (χ0v) is 9.94. The van der Waals surface area contributed by atoms with Gasteiger partial charge in [0.05, 0.1) is 19.3 Å². The highest BCUT2D eigenvalue weighted by Crippen LogP contribution is 2.25. The van der Waals surface area contributed by atoms with Crippen molar-refractivity contribution < 1.29 is 18.7 Å². The molecule has 0 saturated heterocycles. The molecule has 0 aliphatic heterocycles. The van der Waals surface area contributed by atoms with Crippen LogP contribution in [0.5, 0.6) is 5.75 Å². The van der Waals surface area contributed by atoms with Crippen LogP contribution in [-0.2, 0) is 13.2 Å². The van der Waals surface area contributed by atoms with Gasteiger partial charge in [-0.1, -0.05) is 0 Å². The highest BCUT2D eigenvalue weighted by Gasteiger charge is 2.06. The van der Waals surface area contributed by atoms with Crippen molar-refractivity contribution in [2.24, 2.45) is 0 Å². The Hall–Kier alpha value is -2.01. The van der Waals surface area contributed by atoms with Crippen LogP contribution in [0.2, 0.25) is 0 Å². The third-order valence-corrected chi connectivity index (χ3v) is 2.49. The molecule has 0 bridgehead atoms. The second-order valence-electron chi connectivity index (χ2n) is 3.72. The molecule has 2 N–H and O–H groups in total. The maximum absolute atomic E-state index is 13.0. The van der Waals surface area contributed by atoms with E-state index in [1.807, 2.05) is 0 Å². The normalized spacial score (nSPS) is 10.4. The van der Waals surface area contributed by atoms with E-state index in [0.717, 1.165) is 0 Å². The van der Waals surface area contributed by atoms with Crippen LogP contribution in [0.15, 0.2) is 34.7 Å². The fourth-order valence-corrected chi connectivity index (χ4v) is 1.60. The van der Waals surface area contributed by atoms with Crippen molar-refractivity contribution in [1.82, 2.24) is 0 Å². The second-order valence-corrected chi connectivity index (χ2v) is 3.72. The van der Waals surface area contributed by atoms with E-state index in [9.17, 15) is 4.39 Å². The number of halogens is 1. The molecule has 2 rings (SSSR count). The van der Waals surface area contributed by atoms with Gasteiger partial charge in [-0.05, 0) is 24.3 Å². The molecule has 0 aliphatic carbocycles. The Morgan fingerprint density at radius 3 is 2.72 bits per heavy atom. The lowest BCUT2D eigenvalue weighted by atomic mass is 10.2. The number of anilines is 1. The van der Waals surface area contributed by atoms with E-state index in [-0.39, 0.29) is 12.4 Å². The number of methoxy groups -OCH3 is 1. The van der Waals surface area contributed by atoms with Crippen molar-refractivity contribution in [2.45, 2.75) is 13.2 Å². The maximum Gasteiger partial charge on any atom is 0.144 e. The second kappa shape index (κ2) is 5.55. The first-order valence-electron chi connectivity index (χ1n) is 5.49. The van der Waals surface area contributed by atoms with Crippen molar-refractivity contribution in [3.05, 3.63) is 47.7 Å². The Morgan fingerprint density at radius 2 is 2.06 bits per heavy atom. The molecule has 18 heavy (non-hydrogen) atoms. The molecule has 0 atom stereocenters. The summed E-state index contributed by atoms with van der Waals surface area (Å²) in [5.74, 6) is 1.28. The standard InChI is InChI=1S/C13H14FNO3/c1-17-13-6-9(14)2-5-12(13)15-7-10-3-4-11(8-16)18-10/h2-6,15-16H,7-8H2,1H3. The van der Waals surface area contributed by atoms with Crippen molar-refractivity contribution in [3.63, 3.8) is 0 Å². The first kappa shape index (κ1) is 12.4. The van der Waals surface area contributed by atoms with Gasteiger partial charge in [-0.15, -0.1) is 0 Å². The number of benzene rings is 1. The van der Waals surface area contributed by atoms with E-state index in [2.05, 4.69) is 5.32 Å². The largest absolute Gasteiger partial charge is 0.494 e. The van der Waals surface area contributed by atoms with E-state index in [1.54, 1.807) is 18.2 Å². The first-order chi connectivity index (χ1) is 8.72. The average molecular weight is 251 g/mol. The molecule has 0 radical (unpaired) electrons. The molecule has 1 heterocycles. The van der Waals surface area contributed by atoms with E-state index >= 15 is 0 Å². The van der Waals surface area contributed by atoms with Crippen LogP contribution >= 0.6 is 0 Å². The van der Waals surface area contributed by atoms with Gasteiger partial charge in [0.2, 0.25) is 0 Å². The van der Waals surface area contributed by atoms with Crippen molar-refractivity contribution in [3.8, 4) is 5.75 Å². The Balaban J connectivity index is 2.05. The van der Waals surface area contributed by atoms with E-state index in [4.69, 9.17) is 14.3 Å². The quantitative estimate of drug-likeness (QED) is 0.857. The summed E-state index contributed by atoms with van der Waals surface area (Å²) in [5.41, 5.74) is 0.681. The van der Waals surface area contributed by atoms with Gasteiger partial charge in [0, 0.05) is 6.07 Å². The summed E-state index contributed by atoms with van der Waals surface area (Å²) in [6.07, 6.45) is 0. The number of nitrogens with one attached hydrogen (secondary N) is 1. The number of hydrogen-bond donors (Lipinski definition) is 2. The molecule has 0 unspecified atom stereocenters. The summed E-state index contributed by atoms with van der Waals surface area (Å²) in [6, 6.07) is 7.74. The molecule has 2 aromatic rings. The van der Waals surface area contributed by atoms with Gasteiger partial charge in [-0.3, -0.25) is 0 Å². The molecule has 1 aromatic heterocycles. The summed E-state index contributed by atoms with van der Waals surface area (Å²) in [4.78, 5) is 0. The predicted molar refractivity (Wildman–Crippen MR) is 64.9 cm³/mol. The number of ether oxygens (including phenoxy) is 1. The smallest absolute Gasteiger partial charge is 0.144 e. The molecule has 96 valence electrons. The molecule has 0 saturated carbocycles. The van der Waals surface area contributed by atoms with Crippen LogP contribution in [0.3, 0.4) is 0 Å². The van der Waals surface area contributed by atoms with Gasteiger partial charge in [-0.2, -0.15) is 0 Å². The van der Waals surface area contributed by atoms with Crippen LogP contribution in [0, 0.1) is 5.82 Å². The van der Waals surface area contributed by atoms with Gasteiger partial charge in [-0.25, -0.2) is 4.39 Å². The summed E-state index contributed by atoms with van der Waals surface area (Å²) in [5, 5.41) is 12.0. The fraction of sp³-hybridized carbons (Fsp3) is 0.231. The predicted octanol–water partition coefficient (Wildman–Crippen LogP) is 2.53. The third-order valence-electron chi connectivity index (χ3n) is 2.49. The minimum Gasteiger partial charge on any atom is -0.494 e. The maximum atomic E-state index is 13.0. The molecule has 0 spiro atoms. The van der Waals surface area contributed by atoms with Gasteiger partial charge in [0.25, 0.3) is 0 Å². The Morgan fingerprint density at radius 1 is 1.28 bits per heavy atom. The van der Waals surface area contributed by atoms with E-state index in [1.165, 1.54) is 19.2 Å². The third kappa shape index (κ3) is 2.81. The lowest BCUT2D eigenvalue weighted by Gasteiger charge is -2.09. The summed E-state index contributed by atoms with van der Waals surface area (Å²) < 4.78 is 23.4. The molecular formula is C13H14FNO3. The molecule has 1 aromatic carbocycles. The molecule has 0 fully saturated rings. The van der Waals surface area contributed by atoms with Crippen LogP contribution in [0.4, 0.5) is 10.1 Å². The number of rotatable bonds is 5. The molecule has 0 aliphatic rings.